The van der Waals surface area contributed by atoms with Gasteiger partial charge in [0.2, 0.25) is 0 Å². The summed E-state index contributed by atoms with van der Waals surface area (Å²) >= 11 is 5.79. The highest BCUT2D eigenvalue weighted by Gasteiger charge is 2.25. The molecule has 0 saturated heterocycles. The van der Waals surface area contributed by atoms with E-state index in [4.69, 9.17) is 16.3 Å². The number of hydrogen-bond donors (Lipinski definition) is 1. The molecule has 0 aliphatic carbocycles. The number of amides is 1. The van der Waals surface area contributed by atoms with Gasteiger partial charge in [-0.2, -0.15) is 0 Å². The number of carbonyl (C=O) groups is 2. The number of carbonyl (C=O) groups excluding carboxylic acids is 2. The lowest BCUT2D eigenvalue weighted by Gasteiger charge is -2.14. The van der Waals surface area contributed by atoms with Gasteiger partial charge in [-0.25, -0.2) is 4.79 Å². The Labute approximate surface area is 155 Å². The van der Waals surface area contributed by atoms with E-state index in [2.05, 4.69) is 5.32 Å². The average molecular weight is 377 g/mol. The van der Waals surface area contributed by atoms with Crippen molar-refractivity contribution in [3.05, 3.63) is 68.7 Å². The summed E-state index contributed by atoms with van der Waals surface area (Å²) in [5.74, 6) is -1.55. The van der Waals surface area contributed by atoms with Gasteiger partial charge in [-0.3, -0.25) is 14.9 Å². The Morgan fingerprint density at radius 1 is 1.23 bits per heavy atom. The smallest absolute Gasteiger partial charge is 0.345 e. The van der Waals surface area contributed by atoms with Gasteiger partial charge in [0.05, 0.1) is 4.92 Å². The second-order valence-electron chi connectivity index (χ2n) is 5.51. The lowest BCUT2D eigenvalue weighted by molar-refractivity contribution is -0.385. The number of nitro benzene ring substituents is 1. The molecule has 0 heterocycles. The third kappa shape index (κ3) is 4.80. The minimum Gasteiger partial charge on any atom is -0.449 e. The van der Waals surface area contributed by atoms with Gasteiger partial charge >= 0.3 is 5.97 Å². The molecule has 0 saturated carbocycles. The molecule has 0 unspecified atom stereocenters. The molecule has 0 aliphatic heterocycles. The van der Waals surface area contributed by atoms with Crippen LogP contribution in [0.3, 0.4) is 0 Å². The number of esters is 1. The minimum absolute atomic E-state index is 0.149. The lowest BCUT2D eigenvalue weighted by atomic mass is 10.1. The van der Waals surface area contributed by atoms with Crippen molar-refractivity contribution < 1.29 is 19.2 Å². The van der Waals surface area contributed by atoms with Crippen LogP contribution in [0.1, 0.15) is 29.8 Å². The summed E-state index contributed by atoms with van der Waals surface area (Å²) in [6.07, 6.45) is -0.271. The monoisotopic (exact) mass is 376 g/mol. The highest BCUT2D eigenvalue weighted by Crippen LogP contribution is 2.24. The van der Waals surface area contributed by atoms with Gasteiger partial charge in [-0.1, -0.05) is 30.7 Å². The van der Waals surface area contributed by atoms with Crippen molar-refractivity contribution in [2.45, 2.75) is 26.4 Å². The van der Waals surface area contributed by atoms with Crippen molar-refractivity contribution >= 4 is 34.9 Å². The second kappa shape index (κ2) is 8.44. The summed E-state index contributed by atoms with van der Waals surface area (Å²) < 4.78 is 5.05. The second-order valence-corrected chi connectivity index (χ2v) is 5.94. The first kappa shape index (κ1) is 19.4. The van der Waals surface area contributed by atoms with Crippen molar-refractivity contribution in [1.82, 2.24) is 0 Å². The van der Waals surface area contributed by atoms with Gasteiger partial charge < -0.3 is 10.1 Å². The largest absolute Gasteiger partial charge is 0.449 e. The molecule has 1 atom stereocenters. The van der Waals surface area contributed by atoms with Gasteiger partial charge in [0.25, 0.3) is 11.6 Å². The molecular weight excluding hydrogens is 360 g/mol. The first-order valence-electron chi connectivity index (χ1n) is 7.86. The van der Waals surface area contributed by atoms with Crippen LogP contribution in [0.4, 0.5) is 11.4 Å². The van der Waals surface area contributed by atoms with Gasteiger partial charge in [-0.15, -0.1) is 0 Å². The van der Waals surface area contributed by atoms with Crippen LogP contribution in [0.2, 0.25) is 5.02 Å². The van der Waals surface area contributed by atoms with E-state index in [9.17, 15) is 19.7 Å². The fraction of sp³-hybridized carbons (Fsp3) is 0.222. The molecular formula is C18H17ClN2O5. The maximum absolute atomic E-state index is 12.2. The summed E-state index contributed by atoms with van der Waals surface area (Å²) in [5, 5.41) is 13.8. The third-order valence-corrected chi connectivity index (χ3v) is 3.89. The number of nitrogens with zero attached hydrogens (tertiary/aromatic N) is 1. The number of rotatable bonds is 6. The summed E-state index contributed by atoms with van der Waals surface area (Å²) in [6.45, 7) is 3.40. The highest BCUT2D eigenvalue weighted by atomic mass is 35.5. The Hall–Kier alpha value is -2.93. The summed E-state index contributed by atoms with van der Waals surface area (Å²) in [7, 11) is 0. The van der Waals surface area contributed by atoms with Crippen LogP contribution in [0, 0.1) is 10.1 Å². The van der Waals surface area contributed by atoms with E-state index >= 15 is 0 Å². The predicted octanol–water partition coefficient (Wildman–Crippen LogP) is 3.99. The molecule has 0 bridgehead atoms. The van der Waals surface area contributed by atoms with E-state index in [1.165, 1.54) is 13.0 Å². The summed E-state index contributed by atoms with van der Waals surface area (Å²) in [4.78, 5) is 34.7. The third-order valence-electron chi connectivity index (χ3n) is 3.66. The zero-order chi connectivity index (χ0) is 19.3. The molecule has 136 valence electrons. The molecule has 2 aromatic rings. The topological polar surface area (TPSA) is 98.5 Å². The van der Waals surface area contributed by atoms with Crippen LogP contribution < -0.4 is 5.32 Å². The molecule has 1 N–H and O–H groups in total. The Bertz CT molecular complexity index is 836. The van der Waals surface area contributed by atoms with Crippen molar-refractivity contribution in [3.8, 4) is 0 Å². The standard InChI is InChI=1S/C18H17ClN2O5/c1-3-12-4-7-14(8-5-12)20-17(22)11(2)26-18(23)15-10-13(19)6-9-16(15)21(24)25/h4-11H,3H2,1-2H3,(H,20,22)/t11-/m1/s1. The Morgan fingerprint density at radius 2 is 1.88 bits per heavy atom. The molecule has 26 heavy (non-hydrogen) atoms. The van der Waals surface area contributed by atoms with Gasteiger partial charge in [0.15, 0.2) is 6.10 Å². The number of aryl methyl sites for hydroxylation is 1. The number of halogens is 1. The number of hydrogen-bond acceptors (Lipinski definition) is 5. The average Bonchev–Trinajstić information content (AvgIpc) is 2.61. The molecule has 0 radical (unpaired) electrons. The van der Waals surface area contributed by atoms with Crippen LogP contribution in [0.15, 0.2) is 42.5 Å². The molecule has 0 aliphatic rings. The minimum atomic E-state index is -1.15. The summed E-state index contributed by atoms with van der Waals surface area (Å²) in [6, 6.07) is 10.8. The Morgan fingerprint density at radius 3 is 2.46 bits per heavy atom. The lowest BCUT2D eigenvalue weighted by Crippen LogP contribution is -2.30. The molecule has 1 amide bonds. The van der Waals surface area contributed by atoms with E-state index in [0.717, 1.165) is 24.1 Å². The number of nitrogens with one attached hydrogen (secondary N) is 1. The van der Waals surface area contributed by atoms with E-state index in [1.54, 1.807) is 12.1 Å². The number of anilines is 1. The quantitative estimate of drug-likeness (QED) is 0.466. The molecule has 0 spiro atoms. The molecule has 8 heteroatoms. The molecule has 0 fully saturated rings. The first-order valence-corrected chi connectivity index (χ1v) is 8.24. The van der Waals surface area contributed by atoms with E-state index in [-0.39, 0.29) is 10.6 Å². The predicted molar refractivity (Wildman–Crippen MR) is 97.4 cm³/mol. The Kier molecular flexibility index (Phi) is 6.30. The molecule has 7 nitrogen and oxygen atoms in total. The maximum Gasteiger partial charge on any atom is 0.345 e. The highest BCUT2D eigenvalue weighted by molar-refractivity contribution is 6.31. The zero-order valence-electron chi connectivity index (χ0n) is 14.2. The fourth-order valence-electron chi connectivity index (χ4n) is 2.18. The van der Waals surface area contributed by atoms with Gasteiger partial charge in [0, 0.05) is 16.8 Å². The van der Waals surface area contributed by atoms with Crippen LogP contribution in [-0.2, 0) is 16.0 Å². The van der Waals surface area contributed by atoms with E-state index < -0.39 is 28.6 Å². The molecule has 2 aromatic carbocycles. The number of benzene rings is 2. The molecule has 2 rings (SSSR count). The number of ether oxygens (including phenoxy) is 1. The van der Waals surface area contributed by atoms with Crippen LogP contribution in [-0.4, -0.2) is 22.9 Å². The van der Waals surface area contributed by atoms with Gasteiger partial charge in [-0.05, 0) is 43.2 Å². The Balaban J connectivity index is 2.07. The van der Waals surface area contributed by atoms with E-state index in [1.807, 2.05) is 19.1 Å². The van der Waals surface area contributed by atoms with Crippen molar-refractivity contribution in [1.29, 1.82) is 0 Å². The zero-order valence-corrected chi connectivity index (χ0v) is 14.9. The first-order chi connectivity index (χ1) is 12.3. The maximum atomic E-state index is 12.2. The van der Waals surface area contributed by atoms with Crippen molar-refractivity contribution in [2.75, 3.05) is 5.32 Å². The van der Waals surface area contributed by atoms with Crippen LogP contribution >= 0.6 is 11.6 Å². The fourth-order valence-corrected chi connectivity index (χ4v) is 2.35. The van der Waals surface area contributed by atoms with E-state index in [0.29, 0.717) is 5.69 Å². The normalized spacial score (nSPS) is 11.5. The number of nitro groups is 1. The summed E-state index contributed by atoms with van der Waals surface area (Å²) in [5.41, 5.74) is 0.927. The molecule has 0 aromatic heterocycles. The van der Waals surface area contributed by atoms with Gasteiger partial charge in [0.1, 0.15) is 5.56 Å². The van der Waals surface area contributed by atoms with Crippen molar-refractivity contribution in [2.24, 2.45) is 0 Å². The van der Waals surface area contributed by atoms with Crippen molar-refractivity contribution in [3.63, 3.8) is 0 Å². The van der Waals surface area contributed by atoms with Crippen LogP contribution in [0.25, 0.3) is 0 Å². The SMILES string of the molecule is CCc1ccc(NC(=O)[C@@H](C)OC(=O)c2cc(Cl)ccc2[N+](=O)[O-])cc1. The van der Waals surface area contributed by atoms with Crippen LogP contribution in [0.5, 0.6) is 0 Å².